The van der Waals surface area contributed by atoms with Gasteiger partial charge in [-0.15, -0.1) is 0 Å². The fourth-order valence-electron chi connectivity index (χ4n) is 2.94. The number of aryl methyl sites for hydroxylation is 2. The molecule has 0 heterocycles. The van der Waals surface area contributed by atoms with Crippen LogP contribution in [-0.4, -0.2) is 17.3 Å². The van der Waals surface area contributed by atoms with Crippen LogP contribution >= 0.6 is 15.9 Å². The smallest absolute Gasteiger partial charge is 0.224 e. The molecule has 2 nitrogen and oxygen atoms in total. The first-order valence-corrected chi connectivity index (χ1v) is 8.63. The van der Waals surface area contributed by atoms with E-state index in [0.717, 1.165) is 17.3 Å². The summed E-state index contributed by atoms with van der Waals surface area (Å²) in [6.45, 7) is 4.19. The molecule has 20 heavy (non-hydrogen) atoms. The van der Waals surface area contributed by atoms with E-state index in [1.165, 1.54) is 30.4 Å². The molecule has 1 amide bonds. The molecule has 0 aromatic heterocycles. The molecule has 1 aromatic carbocycles. The maximum Gasteiger partial charge on any atom is 0.224 e. The zero-order valence-corrected chi connectivity index (χ0v) is 14.0. The number of benzene rings is 1. The Hall–Kier alpha value is -0.830. The van der Waals surface area contributed by atoms with E-state index in [4.69, 9.17) is 0 Å². The molecule has 3 heteroatoms. The average Bonchev–Trinajstić information content (AvgIpc) is 2.43. The second kappa shape index (κ2) is 7.26. The SMILES string of the molecule is Cc1ccc(CC(=O)NC2CCCCC2CBr)cc1C. The molecule has 0 spiro atoms. The summed E-state index contributed by atoms with van der Waals surface area (Å²) in [4.78, 5) is 12.2. The Kier molecular flexibility index (Phi) is 5.64. The van der Waals surface area contributed by atoms with E-state index < -0.39 is 0 Å². The molecular formula is C17H24BrNO. The van der Waals surface area contributed by atoms with E-state index in [-0.39, 0.29) is 5.91 Å². The lowest BCUT2D eigenvalue weighted by atomic mass is 9.86. The Labute approximate surface area is 130 Å². The summed E-state index contributed by atoms with van der Waals surface area (Å²) < 4.78 is 0. The number of nitrogens with one attached hydrogen (secondary N) is 1. The van der Waals surface area contributed by atoms with Crippen molar-refractivity contribution >= 4 is 21.8 Å². The van der Waals surface area contributed by atoms with E-state index in [2.05, 4.69) is 53.3 Å². The third-order valence-electron chi connectivity index (χ3n) is 4.39. The summed E-state index contributed by atoms with van der Waals surface area (Å²) in [6.07, 6.45) is 5.36. The third kappa shape index (κ3) is 4.08. The molecule has 2 unspecified atom stereocenters. The predicted molar refractivity (Wildman–Crippen MR) is 87.3 cm³/mol. The molecule has 0 saturated heterocycles. The maximum absolute atomic E-state index is 12.2. The molecule has 1 saturated carbocycles. The molecule has 110 valence electrons. The molecule has 1 fully saturated rings. The van der Waals surface area contributed by atoms with Gasteiger partial charge in [0.05, 0.1) is 6.42 Å². The van der Waals surface area contributed by atoms with Crippen LogP contribution in [0.4, 0.5) is 0 Å². The van der Waals surface area contributed by atoms with Gasteiger partial charge in [0.2, 0.25) is 5.91 Å². The fourth-order valence-corrected chi connectivity index (χ4v) is 3.71. The average molecular weight is 338 g/mol. The first-order valence-electron chi connectivity index (χ1n) is 7.51. The molecule has 1 N–H and O–H groups in total. The first-order chi connectivity index (χ1) is 9.60. The lowest BCUT2D eigenvalue weighted by Crippen LogP contribution is -2.43. The summed E-state index contributed by atoms with van der Waals surface area (Å²) >= 11 is 3.57. The Morgan fingerprint density at radius 1 is 1.25 bits per heavy atom. The number of hydrogen-bond donors (Lipinski definition) is 1. The van der Waals surface area contributed by atoms with Crippen molar-refractivity contribution in [2.45, 2.75) is 52.0 Å². The molecule has 1 aromatic rings. The monoisotopic (exact) mass is 337 g/mol. The van der Waals surface area contributed by atoms with Crippen LogP contribution in [-0.2, 0) is 11.2 Å². The number of carbonyl (C=O) groups is 1. The number of hydrogen-bond acceptors (Lipinski definition) is 1. The number of amides is 1. The summed E-state index contributed by atoms with van der Waals surface area (Å²) in [5, 5.41) is 4.22. The highest BCUT2D eigenvalue weighted by Gasteiger charge is 2.25. The topological polar surface area (TPSA) is 29.1 Å². The van der Waals surface area contributed by atoms with Gasteiger partial charge in [0.15, 0.2) is 0 Å². The first kappa shape index (κ1) is 15.6. The minimum absolute atomic E-state index is 0.158. The van der Waals surface area contributed by atoms with Crippen molar-refractivity contribution in [1.29, 1.82) is 0 Å². The van der Waals surface area contributed by atoms with Crippen LogP contribution in [0.15, 0.2) is 18.2 Å². The molecular weight excluding hydrogens is 314 g/mol. The third-order valence-corrected chi connectivity index (χ3v) is 5.22. The molecule has 2 rings (SSSR count). The summed E-state index contributed by atoms with van der Waals surface area (Å²) in [7, 11) is 0. The summed E-state index contributed by atoms with van der Waals surface area (Å²) in [5.41, 5.74) is 3.64. The standard InChI is InChI=1S/C17H24BrNO/c1-12-7-8-14(9-13(12)2)10-17(20)19-16-6-4-3-5-15(16)11-18/h7-9,15-16H,3-6,10-11H2,1-2H3,(H,19,20). The number of rotatable bonds is 4. The summed E-state index contributed by atoms with van der Waals surface area (Å²) in [6, 6.07) is 6.63. The Bertz CT molecular complexity index is 472. The quantitative estimate of drug-likeness (QED) is 0.829. The minimum atomic E-state index is 0.158. The van der Waals surface area contributed by atoms with Gasteiger partial charge in [-0.05, 0) is 49.3 Å². The van der Waals surface area contributed by atoms with Crippen LogP contribution in [0.3, 0.4) is 0 Å². The molecule has 0 aliphatic heterocycles. The Morgan fingerprint density at radius 3 is 2.70 bits per heavy atom. The Balaban J connectivity index is 1.92. The molecule has 1 aliphatic carbocycles. The van der Waals surface area contributed by atoms with Crippen molar-refractivity contribution in [3.05, 3.63) is 34.9 Å². The lowest BCUT2D eigenvalue weighted by Gasteiger charge is -2.31. The zero-order valence-electron chi connectivity index (χ0n) is 12.4. The van der Waals surface area contributed by atoms with Crippen molar-refractivity contribution in [1.82, 2.24) is 5.32 Å². The summed E-state index contributed by atoms with van der Waals surface area (Å²) in [5.74, 6) is 0.749. The highest BCUT2D eigenvalue weighted by Crippen LogP contribution is 2.26. The largest absolute Gasteiger partial charge is 0.353 e. The number of carbonyl (C=O) groups excluding carboxylic acids is 1. The molecule has 0 bridgehead atoms. The van der Waals surface area contributed by atoms with Gasteiger partial charge in [-0.2, -0.15) is 0 Å². The number of alkyl halides is 1. The predicted octanol–water partition coefficient (Wildman–Crippen LogP) is 3.92. The van der Waals surface area contributed by atoms with E-state index in [1.54, 1.807) is 0 Å². The molecule has 2 atom stereocenters. The van der Waals surface area contributed by atoms with Crippen molar-refractivity contribution in [3.8, 4) is 0 Å². The zero-order chi connectivity index (χ0) is 14.5. The van der Waals surface area contributed by atoms with Gasteiger partial charge in [0.1, 0.15) is 0 Å². The minimum Gasteiger partial charge on any atom is -0.353 e. The van der Waals surface area contributed by atoms with Crippen LogP contribution < -0.4 is 5.32 Å². The van der Waals surface area contributed by atoms with Crippen LogP contribution in [0.5, 0.6) is 0 Å². The van der Waals surface area contributed by atoms with E-state index >= 15 is 0 Å². The second-order valence-corrected chi connectivity index (χ2v) is 6.62. The number of halogens is 1. The lowest BCUT2D eigenvalue weighted by molar-refractivity contribution is -0.121. The molecule has 0 radical (unpaired) electrons. The van der Waals surface area contributed by atoms with Gasteiger partial charge in [0, 0.05) is 11.4 Å². The maximum atomic E-state index is 12.2. The van der Waals surface area contributed by atoms with Crippen molar-refractivity contribution in [3.63, 3.8) is 0 Å². The normalized spacial score (nSPS) is 22.6. The van der Waals surface area contributed by atoms with Gasteiger partial charge < -0.3 is 5.32 Å². The van der Waals surface area contributed by atoms with Crippen molar-refractivity contribution < 1.29 is 4.79 Å². The van der Waals surface area contributed by atoms with Crippen LogP contribution in [0.1, 0.15) is 42.4 Å². The highest BCUT2D eigenvalue weighted by molar-refractivity contribution is 9.09. The second-order valence-electron chi connectivity index (χ2n) is 5.97. The van der Waals surface area contributed by atoms with Crippen LogP contribution in [0.2, 0.25) is 0 Å². The van der Waals surface area contributed by atoms with E-state index in [9.17, 15) is 4.79 Å². The van der Waals surface area contributed by atoms with Gasteiger partial charge in [-0.1, -0.05) is 47.0 Å². The van der Waals surface area contributed by atoms with Gasteiger partial charge in [-0.3, -0.25) is 4.79 Å². The van der Waals surface area contributed by atoms with Gasteiger partial charge in [0.25, 0.3) is 0 Å². The van der Waals surface area contributed by atoms with Crippen LogP contribution in [0.25, 0.3) is 0 Å². The Morgan fingerprint density at radius 2 is 2.00 bits per heavy atom. The molecule has 1 aliphatic rings. The van der Waals surface area contributed by atoms with Crippen molar-refractivity contribution in [2.24, 2.45) is 5.92 Å². The van der Waals surface area contributed by atoms with Crippen LogP contribution in [0, 0.1) is 19.8 Å². The highest BCUT2D eigenvalue weighted by atomic mass is 79.9. The van der Waals surface area contributed by atoms with Gasteiger partial charge >= 0.3 is 0 Å². The van der Waals surface area contributed by atoms with E-state index in [1.807, 2.05) is 0 Å². The van der Waals surface area contributed by atoms with E-state index in [0.29, 0.717) is 18.4 Å². The van der Waals surface area contributed by atoms with Gasteiger partial charge in [-0.25, -0.2) is 0 Å². The van der Waals surface area contributed by atoms with Crippen molar-refractivity contribution in [2.75, 3.05) is 5.33 Å². The fraction of sp³-hybridized carbons (Fsp3) is 0.588.